The number of carbonyl (C=O) groups excluding carboxylic acids is 1. The Morgan fingerprint density at radius 2 is 1.54 bits per heavy atom. The van der Waals surface area contributed by atoms with Crippen LogP contribution in [0.3, 0.4) is 0 Å². The molecule has 9 nitrogen and oxygen atoms in total. The molecule has 1 unspecified atom stereocenters. The predicted molar refractivity (Wildman–Crippen MR) is 140 cm³/mol. The molecule has 0 fully saturated rings. The van der Waals surface area contributed by atoms with Gasteiger partial charge in [-0.1, -0.05) is 41.6 Å². The molecular formula is C27H26ClN3O6. The number of anilines is 1. The van der Waals surface area contributed by atoms with E-state index in [-0.39, 0.29) is 5.91 Å². The molecule has 0 aliphatic rings. The minimum atomic E-state index is -0.776. The van der Waals surface area contributed by atoms with E-state index in [0.29, 0.717) is 51.1 Å². The van der Waals surface area contributed by atoms with Gasteiger partial charge in [-0.3, -0.25) is 4.79 Å². The van der Waals surface area contributed by atoms with E-state index in [1.807, 2.05) is 36.4 Å². The van der Waals surface area contributed by atoms with Crippen LogP contribution in [0.15, 0.2) is 71.4 Å². The Kier molecular flexibility index (Phi) is 8.17. The maximum absolute atomic E-state index is 13.1. The third-order valence-corrected chi connectivity index (χ3v) is 5.99. The van der Waals surface area contributed by atoms with E-state index >= 15 is 0 Å². The summed E-state index contributed by atoms with van der Waals surface area (Å²) in [5.41, 5.74) is 3.25. The van der Waals surface area contributed by atoms with Crippen molar-refractivity contribution in [3.8, 4) is 45.4 Å². The number of methoxy groups -OCH3 is 4. The molecule has 1 aromatic heterocycles. The molecule has 37 heavy (non-hydrogen) atoms. The van der Waals surface area contributed by atoms with Crippen LogP contribution in [0.4, 0.5) is 5.69 Å². The molecule has 0 aliphatic heterocycles. The average Bonchev–Trinajstić information content (AvgIpc) is 3.43. The van der Waals surface area contributed by atoms with Crippen molar-refractivity contribution in [2.45, 2.75) is 6.04 Å². The van der Waals surface area contributed by atoms with Crippen molar-refractivity contribution in [1.29, 1.82) is 0 Å². The van der Waals surface area contributed by atoms with E-state index in [4.69, 9.17) is 35.2 Å². The molecule has 1 amide bonds. The first-order chi connectivity index (χ1) is 18.0. The molecule has 0 radical (unpaired) electrons. The molecule has 2 N–H and O–H groups in total. The van der Waals surface area contributed by atoms with Gasteiger partial charge >= 0.3 is 0 Å². The summed E-state index contributed by atoms with van der Waals surface area (Å²) in [6.45, 7) is 0. The quantitative estimate of drug-likeness (QED) is 0.264. The molecule has 4 rings (SSSR count). The number of hydrogen-bond acceptors (Lipinski definition) is 8. The zero-order chi connectivity index (χ0) is 26.4. The van der Waals surface area contributed by atoms with Crippen LogP contribution in [0, 0.1) is 0 Å². The first-order valence-electron chi connectivity index (χ1n) is 11.2. The number of hydrogen-bond donors (Lipinski definition) is 2. The molecular weight excluding hydrogens is 498 g/mol. The molecule has 0 saturated carbocycles. The molecule has 192 valence electrons. The number of rotatable bonds is 10. The van der Waals surface area contributed by atoms with Crippen molar-refractivity contribution in [1.82, 2.24) is 9.99 Å². The Bertz CT molecular complexity index is 1350. The second-order valence-corrected chi connectivity index (χ2v) is 8.06. The number of benzene rings is 3. The van der Waals surface area contributed by atoms with Gasteiger partial charge in [0.05, 0.1) is 40.3 Å². The fourth-order valence-electron chi connectivity index (χ4n) is 3.95. The van der Waals surface area contributed by atoms with Crippen molar-refractivity contribution in [3.05, 3.63) is 72.4 Å². The van der Waals surface area contributed by atoms with Crippen LogP contribution >= 0.6 is 11.8 Å². The summed E-state index contributed by atoms with van der Waals surface area (Å²) in [6, 6.07) is 17.3. The van der Waals surface area contributed by atoms with Gasteiger partial charge in [0.1, 0.15) is 11.8 Å². The number of halogens is 1. The number of aromatic nitrogens is 1. The second kappa shape index (κ2) is 11.7. The van der Waals surface area contributed by atoms with Crippen LogP contribution in [0.1, 0.15) is 11.6 Å². The lowest BCUT2D eigenvalue weighted by molar-refractivity contribution is -0.117. The largest absolute Gasteiger partial charge is 0.495 e. The van der Waals surface area contributed by atoms with Gasteiger partial charge in [-0.05, 0) is 47.2 Å². The SMILES string of the molecule is COc1ccc(-c2cnoc2-c2cc(OC)c(OC)c(OC)c2)cc1NC(=O)C(NCl)c1ccccc1. The summed E-state index contributed by atoms with van der Waals surface area (Å²) >= 11 is 5.92. The Balaban J connectivity index is 1.72. The number of nitrogens with one attached hydrogen (secondary N) is 2. The van der Waals surface area contributed by atoms with Crippen molar-refractivity contribution < 1.29 is 28.3 Å². The van der Waals surface area contributed by atoms with E-state index < -0.39 is 6.04 Å². The summed E-state index contributed by atoms with van der Waals surface area (Å²) in [7, 11) is 6.15. The molecule has 1 atom stereocenters. The Morgan fingerprint density at radius 1 is 0.865 bits per heavy atom. The molecule has 10 heteroatoms. The van der Waals surface area contributed by atoms with Crippen molar-refractivity contribution in [2.24, 2.45) is 0 Å². The van der Waals surface area contributed by atoms with Crippen LogP contribution in [0.25, 0.3) is 22.5 Å². The highest BCUT2D eigenvalue weighted by atomic mass is 35.5. The highest BCUT2D eigenvalue weighted by Gasteiger charge is 2.23. The van der Waals surface area contributed by atoms with Gasteiger partial charge < -0.3 is 28.8 Å². The van der Waals surface area contributed by atoms with Crippen molar-refractivity contribution >= 4 is 23.4 Å². The highest BCUT2D eigenvalue weighted by Crippen LogP contribution is 2.44. The maximum Gasteiger partial charge on any atom is 0.247 e. The number of nitrogens with zero attached hydrogens (tertiary/aromatic N) is 1. The van der Waals surface area contributed by atoms with Gasteiger partial charge in [0.25, 0.3) is 0 Å². The molecule has 0 spiro atoms. The van der Waals surface area contributed by atoms with Crippen LogP contribution < -0.4 is 29.1 Å². The van der Waals surface area contributed by atoms with E-state index in [1.54, 1.807) is 44.7 Å². The molecule has 3 aromatic carbocycles. The van der Waals surface area contributed by atoms with Crippen LogP contribution in [0.5, 0.6) is 23.0 Å². The fraction of sp³-hybridized carbons (Fsp3) is 0.185. The van der Waals surface area contributed by atoms with E-state index in [2.05, 4.69) is 15.3 Å². The summed E-state index contributed by atoms with van der Waals surface area (Å²) in [4.78, 5) is 15.7. The van der Waals surface area contributed by atoms with Gasteiger partial charge in [0.15, 0.2) is 17.3 Å². The van der Waals surface area contributed by atoms with Crippen molar-refractivity contribution in [3.63, 3.8) is 0 Å². The minimum absolute atomic E-state index is 0.355. The smallest absolute Gasteiger partial charge is 0.247 e. The Hall–Kier alpha value is -4.21. The first kappa shape index (κ1) is 25.9. The monoisotopic (exact) mass is 523 g/mol. The zero-order valence-electron chi connectivity index (χ0n) is 20.7. The number of carbonyl (C=O) groups is 1. The molecule has 1 heterocycles. The van der Waals surface area contributed by atoms with E-state index in [9.17, 15) is 4.79 Å². The van der Waals surface area contributed by atoms with E-state index in [1.165, 1.54) is 14.2 Å². The van der Waals surface area contributed by atoms with Crippen LogP contribution in [-0.4, -0.2) is 39.5 Å². The van der Waals surface area contributed by atoms with Crippen LogP contribution in [0.2, 0.25) is 0 Å². The third-order valence-electron chi connectivity index (χ3n) is 5.77. The van der Waals surface area contributed by atoms with Gasteiger partial charge in [-0.25, -0.2) is 4.84 Å². The van der Waals surface area contributed by atoms with Gasteiger partial charge in [-0.2, -0.15) is 0 Å². The van der Waals surface area contributed by atoms with E-state index in [0.717, 1.165) is 5.56 Å². The Labute approximate surface area is 219 Å². The minimum Gasteiger partial charge on any atom is -0.495 e. The lowest BCUT2D eigenvalue weighted by atomic mass is 10.0. The normalized spacial score (nSPS) is 11.5. The summed E-state index contributed by atoms with van der Waals surface area (Å²) in [5.74, 6) is 2.01. The van der Waals surface area contributed by atoms with Gasteiger partial charge in [0.2, 0.25) is 11.7 Å². The Morgan fingerprint density at radius 3 is 2.14 bits per heavy atom. The van der Waals surface area contributed by atoms with Gasteiger partial charge in [-0.15, -0.1) is 0 Å². The van der Waals surface area contributed by atoms with Crippen LogP contribution in [-0.2, 0) is 4.79 Å². The first-order valence-corrected chi connectivity index (χ1v) is 11.6. The fourth-order valence-corrected chi connectivity index (χ4v) is 4.18. The molecule has 0 saturated heterocycles. The lowest BCUT2D eigenvalue weighted by Crippen LogP contribution is -2.28. The standard InChI is InChI=1S/C27H26ClN3O6/c1-33-21-11-10-17(12-20(21)30-27(32)24(31-28)16-8-6-5-7-9-16)19-15-29-37-25(19)18-13-22(34-2)26(36-4)23(14-18)35-3/h5-15,24,31H,1-4H3,(H,30,32). The lowest BCUT2D eigenvalue weighted by Gasteiger charge is -2.17. The topological polar surface area (TPSA) is 104 Å². The molecule has 0 aliphatic carbocycles. The van der Waals surface area contributed by atoms with Crippen molar-refractivity contribution in [2.75, 3.05) is 33.8 Å². The maximum atomic E-state index is 13.1. The molecule has 0 bridgehead atoms. The third kappa shape index (κ3) is 5.32. The number of amides is 1. The van der Waals surface area contributed by atoms with Gasteiger partial charge in [0, 0.05) is 11.1 Å². The second-order valence-electron chi connectivity index (χ2n) is 7.84. The summed E-state index contributed by atoms with van der Waals surface area (Å²) < 4.78 is 27.5. The number of ether oxygens (including phenoxy) is 4. The summed E-state index contributed by atoms with van der Waals surface area (Å²) in [5, 5.41) is 6.91. The predicted octanol–water partition coefficient (Wildman–Crippen LogP) is 5.47. The summed E-state index contributed by atoms with van der Waals surface area (Å²) in [6.07, 6.45) is 1.60. The zero-order valence-corrected chi connectivity index (χ0v) is 21.5. The average molecular weight is 524 g/mol. The molecule has 4 aromatic rings. The highest BCUT2D eigenvalue weighted by molar-refractivity contribution is 6.16.